The van der Waals surface area contributed by atoms with Gasteiger partial charge in [-0.25, -0.2) is 0 Å². The van der Waals surface area contributed by atoms with Crippen molar-refractivity contribution in [3.05, 3.63) is 41.2 Å². The first-order valence-electron chi connectivity index (χ1n) is 6.88. The summed E-state index contributed by atoms with van der Waals surface area (Å²) in [5, 5.41) is 16.0. The first kappa shape index (κ1) is 17.0. The van der Waals surface area contributed by atoms with E-state index in [1.54, 1.807) is 12.1 Å². The number of alkyl halides is 3. The number of amides is 1. The highest BCUT2D eigenvalue weighted by atomic mass is 35.5. The van der Waals surface area contributed by atoms with Gasteiger partial charge in [-0.15, -0.1) is 15.3 Å². The van der Waals surface area contributed by atoms with Crippen molar-refractivity contribution in [1.29, 1.82) is 0 Å². The molecule has 0 saturated heterocycles. The maximum atomic E-state index is 12.9. The van der Waals surface area contributed by atoms with Crippen LogP contribution in [0.2, 0.25) is 5.02 Å². The Morgan fingerprint density at radius 3 is 2.60 bits per heavy atom. The average molecular weight is 371 g/mol. The molecule has 11 heteroatoms. The van der Waals surface area contributed by atoms with Gasteiger partial charge in [-0.2, -0.15) is 17.7 Å². The Hall–Kier alpha value is -2.88. The number of nitrogens with one attached hydrogen (secondary N) is 2. The van der Waals surface area contributed by atoms with Gasteiger partial charge in [0.15, 0.2) is 11.5 Å². The van der Waals surface area contributed by atoms with Crippen molar-refractivity contribution in [1.82, 2.24) is 19.8 Å². The highest BCUT2D eigenvalue weighted by Gasteiger charge is 2.37. The lowest BCUT2D eigenvalue weighted by atomic mass is 10.2. The molecule has 0 spiro atoms. The summed E-state index contributed by atoms with van der Waals surface area (Å²) >= 11 is 6.05. The largest absolute Gasteiger partial charge is 0.453 e. The number of anilines is 3. The van der Waals surface area contributed by atoms with Crippen LogP contribution < -0.4 is 10.6 Å². The molecular formula is C14H10ClF3N6O. The molecule has 0 aliphatic rings. The maximum absolute atomic E-state index is 12.9. The summed E-state index contributed by atoms with van der Waals surface area (Å²) < 4.78 is 39.2. The molecule has 0 unspecified atom stereocenters. The number of halogens is 4. The minimum Gasteiger partial charge on any atom is -0.339 e. The van der Waals surface area contributed by atoms with E-state index in [9.17, 15) is 18.0 Å². The minimum atomic E-state index is -4.67. The van der Waals surface area contributed by atoms with Crippen LogP contribution in [0.1, 0.15) is 12.7 Å². The first-order chi connectivity index (χ1) is 11.7. The molecule has 0 atom stereocenters. The molecule has 1 amide bonds. The van der Waals surface area contributed by atoms with Crippen LogP contribution in [0.15, 0.2) is 30.3 Å². The Bertz CT molecular complexity index is 955. The van der Waals surface area contributed by atoms with E-state index >= 15 is 0 Å². The number of hydrogen-bond donors (Lipinski definition) is 2. The number of carbonyl (C=O) groups is 1. The third-order valence-electron chi connectivity index (χ3n) is 3.07. The minimum absolute atomic E-state index is 0.0306. The summed E-state index contributed by atoms with van der Waals surface area (Å²) in [6.45, 7) is 1.35. The zero-order valence-corrected chi connectivity index (χ0v) is 13.4. The lowest BCUT2D eigenvalue weighted by Crippen LogP contribution is -2.13. The SMILES string of the molecule is CC(=O)Nc1ccc(Nc2ccc3nnc(C(F)(F)F)n3n2)cc1Cl. The van der Waals surface area contributed by atoms with Gasteiger partial charge in [0.1, 0.15) is 0 Å². The molecule has 0 bridgehead atoms. The fraction of sp³-hybridized carbons (Fsp3) is 0.143. The molecule has 7 nitrogen and oxygen atoms in total. The van der Waals surface area contributed by atoms with Crippen molar-refractivity contribution >= 4 is 40.3 Å². The molecule has 0 saturated carbocycles. The van der Waals surface area contributed by atoms with Gasteiger partial charge in [-0.1, -0.05) is 11.6 Å². The van der Waals surface area contributed by atoms with Gasteiger partial charge in [0.2, 0.25) is 5.91 Å². The van der Waals surface area contributed by atoms with Gasteiger partial charge in [-0.05, 0) is 30.3 Å². The maximum Gasteiger partial charge on any atom is 0.453 e. The quantitative estimate of drug-likeness (QED) is 0.737. The lowest BCUT2D eigenvalue weighted by molar-refractivity contribution is -0.146. The summed E-state index contributed by atoms with van der Waals surface area (Å²) in [5.74, 6) is -1.35. The van der Waals surface area contributed by atoms with Gasteiger partial charge in [0, 0.05) is 12.6 Å². The monoisotopic (exact) mass is 370 g/mol. The van der Waals surface area contributed by atoms with E-state index in [0.717, 1.165) is 0 Å². The topological polar surface area (TPSA) is 84.2 Å². The van der Waals surface area contributed by atoms with E-state index in [1.165, 1.54) is 25.1 Å². The van der Waals surface area contributed by atoms with Gasteiger partial charge in [-0.3, -0.25) is 4.79 Å². The molecule has 0 aliphatic heterocycles. The van der Waals surface area contributed by atoms with Crippen LogP contribution in [-0.2, 0) is 11.0 Å². The average Bonchev–Trinajstić information content (AvgIpc) is 2.93. The second-order valence-corrected chi connectivity index (χ2v) is 5.42. The van der Waals surface area contributed by atoms with Crippen LogP contribution >= 0.6 is 11.6 Å². The highest BCUT2D eigenvalue weighted by Crippen LogP contribution is 2.29. The van der Waals surface area contributed by atoms with Crippen LogP contribution in [0.3, 0.4) is 0 Å². The number of hydrogen-bond acceptors (Lipinski definition) is 5. The molecule has 25 heavy (non-hydrogen) atoms. The smallest absolute Gasteiger partial charge is 0.339 e. The lowest BCUT2D eigenvalue weighted by Gasteiger charge is -2.10. The second-order valence-electron chi connectivity index (χ2n) is 5.01. The fourth-order valence-corrected chi connectivity index (χ4v) is 2.29. The molecule has 3 rings (SSSR count). The van der Waals surface area contributed by atoms with Crippen molar-refractivity contribution in [2.75, 3.05) is 10.6 Å². The third kappa shape index (κ3) is 3.63. The van der Waals surface area contributed by atoms with Crippen molar-refractivity contribution in [3.63, 3.8) is 0 Å². The van der Waals surface area contributed by atoms with Gasteiger partial charge in [0.05, 0.1) is 10.7 Å². The van der Waals surface area contributed by atoms with Crippen LogP contribution in [0, 0.1) is 0 Å². The standard InChI is InChI=1S/C14H10ClF3N6O/c1-7(25)19-10-3-2-8(6-9(10)15)20-11-4-5-12-21-22-13(14(16,17)18)24(12)23-11/h2-6H,1H3,(H,19,25)(H,20,23). The van der Waals surface area contributed by atoms with Crippen molar-refractivity contribution in [2.45, 2.75) is 13.1 Å². The van der Waals surface area contributed by atoms with Gasteiger partial charge >= 0.3 is 6.18 Å². The van der Waals surface area contributed by atoms with E-state index < -0.39 is 12.0 Å². The Balaban J connectivity index is 1.90. The van der Waals surface area contributed by atoms with E-state index in [2.05, 4.69) is 25.9 Å². The molecule has 130 valence electrons. The predicted molar refractivity (Wildman–Crippen MR) is 84.8 cm³/mol. The summed E-state index contributed by atoms with van der Waals surface area (Å²) in [5.41, 5.74) is 0.866. The van der Waals surface area contributed by atoms with E-state index in [4.69, 9.17) is 11.6 Å². The van der Waals surface area contributed by atoms with Crippen molar-refractivity contribution < 1.29 is 18.0 Å². The molecule has 0 aliphatic carbocycles. The molecule has 2 N–H and O–H groups in total. The van der Waals surface area contributed by atoms with Crippen LogP contribution in [0.5, 0.6) is 0 Å². The molecule has 0 fully saturated rings. The molecule has 0 radical (unpaired) electrons. The number of nitrogens with zero attached hydrogens (tertiary/aromatic N) is 4. The molecule has 1 aromatic carbocycles. The van der Waals surface area contributed by atoms with E-state index in [-0.39, 0.29) is 22.4 Å². The predicted octanol–water partition coefficient (Wildman–Crippen LogP) is 3.50. The van der Waals surface area contributed by atoms with Gasteiger partial charge in [0.25, 0.3) is 5.82 Å². The van der Waals surface area contributed by atoms with Crippen molar-refractivity contribution in [3.8, 4) is 0 Å². The fourth-order valence-electron chi connectivity index (χ4n) is 2.06. The number of carbonyl (C=O) groups excluding carboxylic acids is 1. The number of aromatic nitrogens is 4. The normalized spacial score (nSPS) is 11.6. The number of fused-ring (bicyclic) bond motifs is 1. The third-order valence-corrected chi connectivity index (χ3v) is 3.38. The summed E-state index contributed by atoms with van der Waals surface area (Å²) in [4.78, 5) is 11.1. The molecule has 2 heterocycles. The second kappa shape index (κ2) is 6.20. The van der Waals surface area contributed by atoms with Gasteiger partial charge < -0.3 is 10.6 Å². The highest BCUT2D eigenvalue weighted by molar-refractivity contribution is 6.34. The zero-order valence-electron chi connectivity index (χ0n) is 12.6. The molecule has 2 aromatic heterocycles. The number of benzene rings is 1. The van der Waals surface area contributed by atoms with E-state index in [1.807, 2.05) is 0 Å². The van der Waals surface area contributed by atoms with Crippen LogP contribution in [0.25, 0.3) is 5.65 Å². The van der Waals surface area contributed by atoms with Crippen LogP contribution in [-0.4, -0.2) is 25.7 Å². The Labute approximate surface area is 143 Å². The Kier molecular flexibility index (Phi) is 4.21. The molecule has 3 aromatic rings. The Morgan fingerprint density at radius 2 is 1.96 bits per heavy atom. The van der Waals surface area contributed by atoms with E-state index in [0.29, 0.717) is 15.9 Å². The summed E-state index contributed by atoms with van der Waals surface area (Å²) in [7, 11) is 0. The zero-order chi connectivity index (χ0) is 18.2. The number of rotatable bonds is 3. The summed E-state index contributed by atoms with van der Waals surface area (Å²) in [6.07, 6.45) is -4.67. The van der Waals surface area contributed by atoms with Crippen LogP contribution in [0.4, 0.5) is 30.4 Å². The first-order valence-corrected chi connectivity index (χ1v) is 7.25. The molecular weight excluding hydrogens is 361 g/mol. The van der Waals surface area contributed by atoms with Crippen molar-refractivity contribution in [2.24, 2.45) is 0 Å². The Morgan fingerprint density at radius 1 is 1.20 bits per heavy atom. The summed E-state index contributed by atoms with van der Waals surface area (Å²) in [6, 6.07) is 7.48.